The third-order valence-corrected chi connectivity index (χ3v) is 9.69. The van der Waals surface area contributed by atoms with Gasteiger partial charge in [0.05, 0.1) is 42.2 Å². The molecule has 4 aromatic rings. The molecule has 0 saturated carbocycles. The third-order valence-electron chi connectivity index (χ3n) is 6.67. The Balaban J connectivity index is 1.92. The van der Waals surface area contributed by atoms with Crippen molar-refractivity contribution in [2.45, 2.75) is 10.8 Å². The Labute approximate surface area is 240 Å². The first-order chi connectivity index (χ1) is 19.7. The first-order valence-electron chi connectivity index (χ1n) is 12.4. The quantitative estimate of drug-likeness (QED) is 0.325. The molecule has 1 atom stereocenters. The molecule has 0 bridgehead atoms. The summed E-state index contributed by atoms with van der Waals surface area (Å²) in [6.45, 7) is 0. The Morgan fingerprint density at radius 2 is 1.59 bits per heavy atom. The van der Waals surface area contributed by atoms with Crippen LogP contribution in [0.3, 0.4) is 0 Å². The van der Waals surface area contributed by atoms with E-state index in [9.17, 15) is 18.0 Å². The average molecular weight is 591 g/mol. The molecule has 9 nitrogen and oxygen atoms in total. The number of esters is 1. The fraction of sp³-hybridized carbons (Fsp3) is 0.133. The Bertz CT molecular complexity index is 1970. The van der Waals surface area contributed by atoms with Crippen LogP contribution in [0, 0.1) is 0 Å². The first-order valence-corrected chi connectivity index (χ1v) is 14.7. The molecular weight excluding hydrogens is 564 g/mol. The molecule has 41 heavy (non-hydrogen) atoms. The molecule has 210 valence electrons. The van der Waals surface area contributed by atoms with Gasteiger partial charge in [-0.15, -0.1) is 11.3 Å². The van der Waals surface area contributed by atoms with Gasteiger partial charge < -0.3 is 19.9 Å². The van der Waals surface area contributed by atoms with E-state index in [1.165, 1.54) is 33.5 Å². The summed E-state index contributed by atoms with van der Waals surface area (Å²) < 4.78 is 45.7. The molecule has 0 unspecified atom stereocenters. The number of benzene rings is 3. The minimum absolute atomic E-state index is 0.0307. The number of allylic oxidation sites excluding steroid dienone is 1. The number of nitrogens with zero attached hydrogens (tertiary/aromatic N) is 1. The molecule has 0 radical (unpaired) electrons. The standard InChI is InChI=1S/C30H26N2O7S2/c1-37-20-11-7-9-18(15-20)16-23-28(33)32-27(31)26(41(35,36)22-13-5-4-6-14-22)24(19-10-8-12-21(17-19)38-2)25(29(32)40-23)30(34)39-3/h4-17,24H,31H2,1-3H3/b23-16-/t24-/m0/s1. The minimum atomic E-state index is -4.32. The molecule has 11 heteroatoms. The van der Waals surface area contributed by atoms with Gasteiger partial charge in [-0.25, -0.2) is 13.2 Å². The van der Waals surface area contributed by atoms with Crippen molar-refractivity contribution in [2.24, 2.45) is 5.73 Å². The van der Waals surface area contributed by atoms with Crippen LogP contribution in [0.4, 0.5) is 0 Å². The smallest absolute Gasteiger partial charge is 0.337 e. The van der Waals surface area contributed by atoms with Gasteiger partial charge in [-0.3, -0.25) is 9.36 Å². The van der Waals surface area contributed by atoms with Gasteiger partial charge in [-0.1, -0.05) is 42.5 Å². The highest BCUT2D eigenvalue weighted by molar-refractivity contribution is 7.95. The highest BCUT2D eigenvalue weighted by atomic mass is 32.2. The number of carbonyl (C=O) groups is 1. The highest BCUT2D eigenvalue weighted by Gasteiger charge is 2.42. The van der Waals surface area contributed by atoms with Gasteiger partial charge in [0.15, 0.2) is 0 Å². The molecular formula is C30H26N2O7S2. The van der Waals surface area contributed by atoms with Crippen LogP contribution < -0.4 is 30.0 Å². The van der Waals surface area contributed by atoms with E-state index in [1.54, 1.807) is 72.8 Å². The topological polar surface area (TPSA) is 127 Å². The van der Waals surface area contributed by atoms with Crippen LogP contribution >= 0.6 is 11.3 Å². The van der Waals surface area contributed by atoms with Crippen LogP contribution in [0.15, 0.2) is 93.5 Å². The fourth-order valence-corrected chi connectivity index (χ4v) is 7.62. The zero-order chi connectivity index (χ0) is 29.3. The third kappa shape index (κ3) is 4.94. The Morgan fingerprint density at radius 3 is 2.24 bits per heavy atom. The summed E-state index contributed by atoms with van der Waals surface area (Å²) in [5, 5.41) is 0. The molecule has 1 aliphatic rings. The summed E-state index contributed by atoms with van der Waals surface area (Å²) in [6, 6.07) is 21.5. The summed E-state index contributed by atoms with van der Waals surface area (Å²) in [7, 11) is -0.102. The van der Waals surface area contributed by atoms with Gasteiger partial charge >= 0.3 is 5.97 Å². The maximum absolute atomic E-state index is 14.2. The second-order valence-corrected chi connectivity index (χ2v) is 12.0. The lowest BCUT2D eigenvalue weighted by Crippen LogP contribution is -2.41. The van der Waals surface area contributed by atoms with Crippen LogP contribution in [0.5, 0.6) is 11.5 Å². The monoisotopic (exact) mass is 590 g/mol. The van der Waals surface area contributed by atoms with Crippen molar-refractivity contribution < 1.29 is 27.4 Å². The zero-order valence-corrected chi connectivity index (χ0v) is 24.0. The number of rotatable bonds is 7. The Morgan fingerprint density at radius 1 is 0.927 bits per heavy atom. The number of aromatic nitrogens is 1. The number of nitrogens with two attached hydrogens (primary N) is 1. The minimum Gasteiger partial charge on any atom is -0.497 e. The van der Waals surface area contributed by atoms with E-state index in [0.29, 0.717) is 22.6 Å². The zero-order valence-electron chi connectivity index (χ0n) is 22.4. The van der Waals surface area contributed by atoms with Crippen LogP contribution in [0.25, 0.3) is 17.5 Å². The van der Waals surface area contributed by atoms with Crippen molar-refractivity contribution in [1.82, 2.24) is 4.57 Å². The maximum atomic E-state index is 14.2. The number of carbonyl (C=O) groups excluding carboxylic acids is 1. The molecule has 2 N–H and O–H groups in total. The number of fused-ring (bicyclic) bond motifs is 1. The summed E-state index contributed by atoms with van der Waals surface area (Å²) in [5.41, 5.74) is 7.10. The van der Waals surface area contributed by atoms with E-state index < -0.39 is 27.3 Å². The SMILES string of the molecule is COC(=O)C1=c2s/c(=C\c3cccc(OC)c3)c(=O)n2C(N)=C(S(=O)(=O)c2ccccc2)[C@H]1c1cccc(OC)c1. The number of thiazole rings is 1. The van der Waals surface area contributed by atoms with Crippen LogP contribution in [-0.4, -0.2) is 40.3 Å². The molecule has 0 saturated heterocycles. The molecule has 2 heterocycles. The summed E-state index contributed by atoms with van der Waals surface area (Å²) in [5.74, 6) is -1.24. The summed E-state index contributed by atoms with van der Waals surface area (Å²) in [6.07, 6.45) is 1.63. The van der Waals surface area contributed by atoms with Crippen molar-refractivity contribution in [1.29, 1.82) is 0 Å². The molecule has 1 aliphatic heterocycles. The van der Waals surface area contributed by atoms with Crippen molar-refractivity contribution in [2.75, 3.05) is 21.3 Å². The van der Waals surface area contributed by atoms with Crippen LogP contribution in [0.2, 0.25) is 0 Å². The number of hydrogen-bond acceptors (Lipinski definition) is 9. The number of hydrogen-bond donors (Lipinski definition) is 1. The molecule has 0 amide bonds. The van der Waals surface area contributed by atoms with Gasteiger partial charge in [0, 0.05) is 0 Å². The lowest BCUT2D eigenvalue weighted by atomic mass is 9.89. The molecule has 1 aromatic heterocycles. The van der Waals surface area contributed by atoms with Gasteiger partial charge in [0.25, 0.3) is 5.56 Å². The largest absolute Gasteiger partial charge is 0.497 e. The van der Waals surface area contributed by atoms with Gasteiger partial charge in [0.2, 0.25) is 9.84 Å². The molecule has 0 fully saturated rings. The predicted octanol–water partition coefficient (Wildman–Crippen LogP) is 2.44. The van der Waals surface area contributed by atoms with E-state index in [2.05, 4.69) is 0 Å². The second kappa shape index (κ2) is 11.1. The normalized spacial score (nSPS) is 15.4. The fourth-order valence-electron chi connectivity index (χ4n) is 4.75. The van der Waals surface area contributed by atoms with Crippen molar-refractivity contribution in [3.8, 4) is 11.5 Å². The number of methoxy groups -OCH3 is 3. The summed E-state index contributed by atoms with van der Waals surface area (Å²) >= 11 is 1.02. The van der Waals surface area contributed by atoms with E-state index >= 15 is 0 Å². The lowest BCUT2D eigenvalue weighted by molar-refractivity contribution is -0.134. The Hall–Kier alpha value is -4.61. The molecule has 3 aromatic carbocycles. The second-order valence-electron chi connectivity index (χ2n) is 9.01. The van der Waals surface area contributed by atoms with Gasteiger partial charge in [-0.05, 0) is 53.6 Å². The van der Waals surface area contributed by atoms with Gasteiger partial charge in [0.1, 0.15) is 26.9 Å². The van der Waals surface area contributed by atoms with Crippen molar-refractivity contribution in [3.05, 3.63) is 114 Å². The summed E-state index contributed by atoms with van der Waals surface area (Å²) in [4.78, 5) is 26.9. The van der Waals surface area contributed by atoms with Gasteiger partial charge in [-0.2, -0.15) is 0 Å². The highest BCUT2D eigenvalue weighted by Crippen LogP contribution is 2.42. The van der Waals surface area contributed by atoms with Crippen molar-refractivity contribution >= 4 is 44.6 Å². The predicted molar refractivity (Wildman–Crippen MR) is 157 cm³/mol. The average Bonchev–Trinajstić information content (AvgIpc) is 3.32. The maximum Gasteiger partial charge on any atom is 0.337 e. The Kier molecular flexibility index (Phi) is 7.57. The van der Waals surface area contributed by atoms with Crippen LogP contribution in [0.1, 0.15) is 17.0 Å². The van der Waals surface area contributed by atoms with E-state index in [4.69, 9.17) is 19.9 Å². The first kappa shape index (κ1) is 27.9. The number of sulfone groups is 1. The van der Waals surface area contributed by atoms with Crippen molar-refractivity contribution in [3.63, 3.8) is 0 Å². The van der Waals surface area contributed by atoms with E-state index in [-0.39, 0.29) is 30.4 Å². The number of ether oxygens (including phenoxy) is 3. The molecule has 5 rings (SSSR count). The molecule has 0 aliphatic carbocycles. The van der Waals surface area contributed by atoms with E-state index in [1.807, 2.05) is 0 Å². The lowest BCUT2D eigenvalue weighted by Gasteiger charge is -2.28. The van der Waals surface area contributed by atoms with Crippen LogP contribution in [-0.2, 0) is 19.4 Å². The molecule has 0 spiro atoms. The van der Waals surface area contributed by atoms with E-state index in [0.717, 1.165) is 15.9 Å².